The number of methoxy groups -OCH3 is 1. The molecule has 4 N–H and O–H groups in total. The number of benzene rings is 5. The Labute approximate surface area is 438 Å². The van der Waals surface area contributed by atoms with Crippen LogP contribution in [0.4, 0.5) is 13.6 Å². The Balaban J connectivity index is 1.04. The van der Waals surface area contributed by atoms with Crippen molar-refractivity contribution in [2.45, 2.75) is 56.0 Å². The highest BCUT2D eigenvalue weighted by Gasteiger charge is 2.41. The van der Waals surface area contributed by atoms with Crippen LogP contribution < -0.4 is 16.4 Å². The van der Waals surface area contributed by atoms with E-state index in [1.165, 1.54) is 18.1 Å². The van der Waals surface area contributed by atoms with E-state index >= 15 is 9.18 Å². The molecule has 73 heavy (non-hydrogen) atoms. The summed E-state index contributed by atoms with van der Waals surface area (Å²) in [6.07, 6.45) is -0.207. The van der Waals surface area contributed by atoms with Gasteiger partial charge in [-0.3, -0.25) is 33.9 Å². The summed E-state index contributed by atoms with van der Waals surface area (Å²) < 4.78 is 36.1. The normalized spacial score (nSPS) is 17.9. The first-order chi connectivity index (χ1) is 35.2. The topological polar surface area (TPSA) is 161 Å². The van der Waals surface area contributed by atoms with Crippen LogP contribution in [0.3, 0.4) is 0 Å². The Morgan fingerprint density at radius 2 is 1.29 bits per heavy atom. The molecule has 19 heteroatoms. The van der Waals surface area contributed by atoms with Crippen molar-refractivity contribution in [1.29, 1.82) is 0 Å². The summed E-state index contributed by atoms with van der Waals surface area (Å²) in [5.41, 5.74) is 10.1. The van der Waals surface area contributed by atoms with Gasteiger partial charge in [-0.15, -0.1) is 0 Å². The zero-order chi connectivity index (χ0) is 51.8. The first-order valence-electron chi connectivity index (χ1n) is 24.2. The molecule has 0 saturated carbocycles. The van der Waals surface area contributed by atoms with E-state index in [1.807, 2.05) is 46.2 Å². The van der Waals surface area contributed by atoms with E-state index in [4.69, 9.17) is 45.3 Å². The number of rotatable bonds is 16. The van der Waals surface area contributed by atoms with Gasteiger partial charge in [0, 0.05) is 105 Å². The lowest BCUT2D eigenvalue weighted by atomic mass is 9.95. The number of primary amides is 1. The maximum absolute atomic E-state index is 16.2. The van der Waals surface area contributed by atoms with E-state index in [0.717, 1.165) is 28.8 Å². The Hall–Kier alpha value is -6.14. The molecule has 3 aliphatic rings. The molecule has 0 aliphatic carbocycles. The van der Waals surface area contributed by atoms with Gasteiger partial charge in [-0.1, -0.05) is 108 Å². The average molecular weight is 1060 g/mol. The molecule has 5 unspecified atom stereocenters. The Morgan fingerprint density at radius 3 is 1.89 bits per heavy atom. The Morgan fingerprint density at radius 1 is 0.712 bits per heavy atom. The molecule has 0 aromatic heterocycles. The number of nitrogens with one attached hydrogen (secondary N) is 2. The molecular weight excluding hydrogens is 1000 g/mol. The van der Waals surface area contributed by atoms with Gasteiger partial charge in [-0.2, -0.15) is 0 Å². The smallest absolute Gasteiger partial charge is 0.410 e. The molecule has 8 rings (SSSR count). The number of carbonyl (C=O) groups is 5. The van der Waals surface area contributed by atoms with Gasteiger partial charge in [0.2, 0.25) is 23.6 Å². The third-order valence-corrected chi connectivity index (χ3v) is 14.8. The fourth-order valence-corrected chi connectivity index (χ4v) is 10.6. The monoisotopic (exact) mass is 1060 g/mol. The third-order valence-electron chi connectivity index (χ3n) is 14.0. The number of ether oxygens (including phenoxy) is 1. The van der Waals surface area contributed by atoms with Crippen LogP contribution in [0.5, 0.6) is 0 Å². The molecule has 0 spiro atoms. The minimum absolute atomic E-state index is 0.0133. The number of hydrogen-bond acceptors (Lipinski definition) is 9. The summed E-state index contributed by atoms with van der Waals surface area (Å²) >= 11 is 19.0. The van der Waals surface area contributed by atoms with Gasteiger partial charge in [-0.25, -0.2) is 13.6 Å². The van der Waals surface area contributed by atoms with E-state index in [1.54, 1.807) is 70.5 Å². The Kier molecular flexibility index (Phi) is 17.7. The predicted molar refractivity (Wildman–Crippen MR) is 275 cm³/mol. The van der Waals surface area contributed by atoms with Crippen LogP contribution in [0.1, 0.15) is 45.5 Å². The second kappa shape index (κ2) is 24.3. The zero-order valence-corrected chi connectivity index (χ0v) is 42.5. The van der Waals surface area contributed by atoms with Crippen molar-refractivity contribution in [2.75, 3.05) is 66.0 Å². The fraction of sp³-hybridized carbons (Fsp3) is 0.352. The summed E-state index contributed by atoms with van der Waals surface area (Å²) in [4.78, 5) is 78.9. The van der Waals surface area contributed by atoms with Crippen LogP contribution >= 0.6 is 34.8 Å². The van der Waals surface area contributed by atoms with Crippen molar-refractivity contribution in [3.63, 3.8) is 0 Å². The second-order valence-electron chi connectivity index (χ2n) is 18.5. The first kappa shape index (κ1) is 53.2. The third kappa shape index (κ3) is 13.0. The van der Waals surface area contributed by atoms with Gasteiger partial charge < -0.3 is 30.9 Å². The van der Waals surface area contributed by atoms with Crippen LogP contribution in [0.2, 0.25) is 15.1 Å². The van der Waals surface area contributed by atoms with Crippen LogP contribution in [0.25, 0.3) is 0 Å². The summed E-state index contributed by atoms with van der Waals surface area (Å²) in [7, 11) is 1.19. The number of nitrogens with zero attached hydrogens (tertiary/aromatic N) is 5. The van der Waals surface area contributed by atoms with E-state index < -0.39 is 59.8 Å². The number of amides is 5. The summed E-state index contributed by atoms with van der Waals surface area (Å²) in [6, 6.07) is 27.4. The molecule has 0 radical (unpaired) electrons. The minimum atomic E-state index is -1.20. The van der Waals surface area contributed by atoms with E-state index in [-0.39, 0.29) is 89.1 Å². The number of hydrogen-bond donors (Lipinski definition) is 3. The number of nitrogens with two attached hydrogens (primary N) is 1. The molecule has 14 nitrogen and oxygen atoms in total. The first-order valence-corrected chi connectivity index (χ1v) is 25.3. The summed E-state index contributed by atoms with van der Waals surface area (Å²) in [5, 5.41) is 7.71. The molecule has 5 aromatic rings. The van der Waals surface area contributed by atoms with Crippen LogP contribution in [-0.4, -0.2) is 138 Å². The van der Waals surface area contributed by atoms with Gasteiger partial charge in [0.15, 0.2) is 0 Å². The SMILES string of the molecule is COC(=O)N(CC(c1ccc(F)cc1F)N1CCN(C(=O)C(Cc2ccc(Cl)cc2)NC(=O)C2Cc3ccccc3CN2)CC1)C(Cc1ccc(Cl)cc1)C(=O)N1CCN(C(C(N)=O)c2ccccc2Cl)CC1. The van der Waals surface area contributed by atoms with Crippen LogP contribution in [0, 0.1) is 11.6 Å². The molecule has 384 valence electrons. The Bertz CT molecular complexity index is 2780. The number of halogens is 5. The lowest BCUT2D eigenvalue weighted by Gasteiger charge is -2.44. The van der Waals surface area contributed by atoms with E-state index in [2.05, 4.69) is 10.6 Å². The van der Waals surface area contributed by atoms with Crippen molar-refractivity contribution in [3.05, 3.63) is 175 Å². The van der Waals surface area contributed by atoms with Crippen molar-refractivity contribution < 1.29 is 37.5 Å². The van der Waals surface area contributed by atoms with Gasteiger partial charge in [0.25, 0.3) is 0 Å². The van der Waals surface area contributed by atoms with Gasteiger partial charge in [-0.05, 0) is 70.6 Å². The highest BCUT2D eigenvalue weighted by Crippen LogP contribution is 2.32. The minimum Gasteiger partial charge on any atom is -0.453 e. The van der Waals surface area contributed by atoms with Crippen molar-refractivity contribution in [2.24, 2.45) is 5.73 Å². The second-order valence-corrected chi connectivity index (χ2v) is 19.8. The number of fused-ring (bicyclic) bond motifs is 1. The largest absolute Gasteiger partial charge is 0.453 e. The summed E-state index contributed by atoms with van der Waals surface area (Å²) in [5.74, 6) is -3.32. The molecule has 2 saturated heterocycles. The van der Waals surface area contributed by atoms with E-state index in [0.29, 0.717) is 39.2 Å². The van der Waals surface area contributed by atoms with E-state index in [9.17, 15) is 23.6 Å². The quantitative estimate of drug-likeness (QED) is 0.0990. The van der Waals surface area contributed by atoms with Crippen molar-refractivity contribution >= 4 is 64.5 Å². The van der Waals surface area contributed by atoms with Crippen molar-refractivity contribution in [1.82, 2.24) is 35.1 Å². The van der Waals surface area contributed by atoms with Crippen LogP contribution in [-0.2, 0) is 49.7 Å². The fourth-order valence-electron chi connectivity index (χ4n) is 10.1. The summed E-state index contributed by atoms with van der Waals surface area (Å²) in [6.45, 7) is 1.70. The average Bonchev–Trinajstić information content (AvgIpc) is 3.39. The zero-order valence-electron chi connectivity index (χ0n) is 40.2. The lowest BCUT2D eigenvalue weighted by molar-refractivity contribution is -0.140. The maximum atomic E-state index is 16.2. The lowest BCUT2D eigenvalue weighted by Crippen LogP contribution is -2.60. The molecule has 2 fully saturated rings. The predicted octanol–water partition coefficient (Wildman–Crippen LogP) is 6.60. The molecule has 5 amide bonds. The standard InChI is InChI=1S/C54H57Cl3F2N8O6/c1-73-54(72)67(47(29-35-12-16-39(56)17-13-35)53(71)66-26-22-64(23-27-66)49(50(60)68)41-8-4-5-9-43(41)57)33-48(42-19-18-40(58)31-44(42)59)63-20-24-65(25-21-63)52(70)46(28-34-10-14-38(55)15-11-34)62-51(69)45-30-36-6-2-3-7-37(36)32-61-45/h2-19,31,45-49,61H,20-30,32-33H2,1H3,(H2,60,68)(H,62,69). The molecule has 3 aliphatic heterocycles. The molecule has 3 heterocycles. The van der Waals surface area contributed by atoms with Crippen LogP contribution in [0.15, 0.2) is 115 Å². The highest BCUT2D eigenvalue weighted by atomic mass is 35.5. The molecule has 0 bridgehead atoms. The van der Waals surface area contributed by atoms with Gasteiger partial charge in [0.05, 0.1) is 19.2 Å². The van der Waals surface area contributed by atoms with Gasteiger partial charge >= 0.3 is 6.09 Å². The molecular formula is C54H57Cl3F2N8O6. The number of piperazine rings is 2. The number of carbonyl (C=O) groups excluding carboxylic acids is 5. The van der Waals surface area contributed by atoms with Gasteiger partial charge in [0.1, 0.15) is 29.8 Å². The molecule has 5 atom stereocenters. The van der Waals surface area contributed by atoms with Crippen molar-refractivity contribution in [3.8, 4) is 0 Å². The molecule has 5 aromatic carbocycles. The maximum Gasteiger partial charge on any atom is 0.410 e. The highest BCUT2D eigenvalue weighted by molar-refractivity contribution is 6.31.